The van der Waals surface area contributed by atoms with Crippen molar-refractivity contribution in [2.24, 2.45) is 12.8 Å². The van der Waals surface area contributed by atoms with Gasteiger partial charge in [0.05, 0.1) is 6.20 Å². The zero-order chi connectivity index (χ0) is 19.1. The second-order valence-electron chi connectivity index (χ2n) is 7.65. The Morgan fingerprint density at radius 1 is 1.26 bits per heavy atom. The van der Waals surface area contributed by atoms with Crippen molar-refractivity contribution in [2.45, 2.75) is 45.7 Å². The minimum Gasteiger partial charge on any atom is -0.355 e. The number of nitrogens with zero attached hydrogens (tertiary/aromatic N) is 6. The maximum Gasteiger partial charge on any atom is 0.292 e. The molecule has 144 valence electrons. The minimum absolute atomic E-state index is 0.112. The highest BCUT2D eigenvalue weighted by atomic mass is 16.2. The van der Waals surface area contributed by atoms with Gasteiger partial charge in [0.2, 0.25) is 5.82 Å². The molecule has 2 aliphatic rings. The standard InChI is InChI=1S/C19H27N7O/c1-12-13(2)22-17(23-18(12)25-8-6-15(20)11-25)19(27)26-7-4-5-16-14(10-26)9-21-24(16)3/h9,15H,4-8,10-11,20H2,1-3H3/t15-/m1/s1. The Balaban J connectivity index is 1.63. The molecule has 2 aliphatic heterocycles. The van der Waals surface area contributed by atoms with E-state index in [4.69, 9.17) is 5.73 Å². The minimum atomic E-state index is -0.112. The quantitative estimate of drug-likeness (QED) is 0.847. The number of aromatic nitrogens is 4. The molecule has 0 spiro atoms. The van der Waals surface area contributed by atoms with Crippen LogP contribution in [-0.4, -0.2) is 56.2 Å². The number of hydrogen-bond acceptors (Lipinski definition) is 6. The molecule has 2 aromatic heterocycles. The molecule has 1 atom stereocenters. The summed E-state index contributed by atoms with van der Waals surface area (Å²) in [6.45, 7) is 6.85. The van der Waals surface area contributed by atoms with E-state index in [-0.39, 0.29) is 17.8 Å². The van der Waals surface area contributed by atoms with E-state index in [1.807, 2.05) is 36.7 Å². The number of amides is 1. The maximum absolute atomic E-state index is 13.2. The van der Waals surface area contributed by atoms with Gasteiger partial charge in [-0.2, -0.15) is 5.10 Å². The van der Waals surface area contributed by atoms with Crippen molar-refractivity contribution in [3.8, 4) is 0 Å². The van der Waals surface area contributed by atoms with Crippen LogP contribution in [-0.2, 0) is 20.0 Å². The van der Waals surface area contributed by atoms with Gasteiger partial charge in [0.15, 0.2) is 0 Å². The van der Waals surface area contributed by atoms with Crippen molar-refractivity contribution in [1.29, 1.82) is 0 Å². The average molecular weight is 369 g/mol. The van der Waals surface area contributed by atoms with Crippen LogP contribution >= 0.6 is 0 Å². The summed E-state index contributed by atoms with van der Waals surface area (Å²) in [5.74, 6) is 1.01. The van der Waals surface area contributed by atoms with E-state index in [1.165, 1.54) is 5.69 Å². The molecule has 4 rings (SSSR count). The molecular weight excluding hydrogens is 342 g/mol. The second-order valence-corrected chi connectivity index (χ2v) is 7.65. The Morgan fingerprint density at radius 2 is 2.07 bits per heavy atom. The van der Waals surface area contributed by atoms with Gasteiger partial charge in [0, 0.05) is 61.8 Å². The van der Waals surface area contributed by atoms with Gasteiger partial charge in [-0.3, -0.25) is 9.48 Å². The summed E-state index contributed by atoms with van der Waals surface area (Å²) in [6.07, 6.45) is 4.65. The first-order chi connectivity index (χ1) is 12.9. The maximum atomic E-state index is 13.2. The topological polar surface area (TPSA) is 93.2 Å². The number of fused-ring (bicyclic) bond motifs is 1. The molecular formula is C19H27N7O. The Labute approximate surface area is 159 Å². The first kappa shape index (κ1) is 17.9. The van der Waals surface area contributed by atoms with Crippen molar-refractivity contribution in [3.05, 3.63) is 34.5 Å². The van der Waals surface area contributed by atoms with Gasteiger partial charge in [-0.1, -0.05) is 0 Å². The molecule has 8 nitrogen and oxygen atoms in total. The molecule has 0 unspecified atom stereocenters. The number of aryl methyl sites for hydroxylation is 2. The monoisotopic (exact) mass is 369 g/mol. The number of rotatable bonds is 2. The summed E-state index contributed by atoms with van der Waals surface area (Å²) in [4.78, 5) is 26.4. The Kier molecular flexibility index (Phi) is 4.59. The third-order valence-corrected chi connectivity index (χ3v) is 5.72. The van der Waals surface area contributed by atoms with E-state index in [0.29, 0.717) is 13.1 Å². The van der Waals surface area contributed by atoms with Crippen LogP contribution < -0.4 is 10.6 Å². The molecule has 2 N–H and O–H groups in total. The third-order valence-electron chi connectivity index (χ3n) is 5.72. The molecule has 1 fully saturated rings. The smallest absolute Gasteiger partial charge is 0.292 e. The lowest BCUT2D eigenvalue weighted by molar-refractivity contribution is 0.0733. The molecule has 1 saturated heterocycles. The fourth-order valence-electron chi connectivity index (χ4n) is 4.00. The summed E-state index contributed by atoms with van der Waals surface area (Å²) >= 11 is 0. The van der Waals surface area contributed by atoms with Crippen LogP contribution in [0.1, 0.15) is 46.0 Å². The Morgan fingerprint density at radius 3 is 2.81 bits per heavy atom. The molecule has 0 aliphatic carbocycles. The molecule has 0 radical (unpaired) electrons. The summed E-state index contributed by atoms with van der Waals surface area (Å²) in [7, 11) is 1.95. The molecule has 0 saturated carbocycles. The highest BCUT2D eigenvalue weighted by Crippen LogP contribution is 2.25. The molecule has 0 aromatic carbocycles. The van der Waals surface area contributed by atoms with E-state index in [2.05, 4.69) is 20.0 Å². The van der Waals surface area contributed by atoms with Crippen LogP contribution in [0.3, 0.4) is 0 Å². The number of anilines is 1. The fraction of sp³-hybridized carbons (Fsp3) is 0.579. The van der Waals surface area contributed by atoms with Crippen LogP contribution in [0.2, 0.25) is 0 Å². The molecule has 8 heteroatoms. The summed E-state index contributed by atoms with van der Waals surface area (Å²) in [5.41, 5.74) is 10.2. The number of carbonyl (C=O) groups excluding carboxylic acids is 1. The predicted octanol–water partition coefficient (Wildman–Crippen LogP) is 0.953. The van der Waals surface area contributed by atoms with Crippen LogP contribution in [0.15, 0.2) is 6.20 Å². The number of hydrogen-bond donors (Lipinski definition) is 1. The van der Waals surface area contributed by atoms with Crippen molar-refractivity contribution in [3.63, 3.8) is 0 Å². The van der Waals surface area contributed by atoms with Crippen LogP contribution in [0.25, 0.3) is 0 Å². The van der Waals surface area contributed by atoms with Gasteiger partial charge in [-0.25, -0.2) is 9.97 Å². The second kappa shape index (κ2) is 6.92. The van der Waals surface area contributed by atoms with E-state index in [0.717, 1.165) is 55.0 Å². The van der Waals surface area contributed by atoms with Crippen molar-refractivity contribution in [2.75, 3.05) is 24.5 Å². The van der Waals surface area contributed by atoms with Crippen LogP contribution in [0.4, 0.5) is 5.82 Å². The lowest BCUT2D eigenvalue weighted by atomic mass is 10.2. The Hall–Kier alpha value is -2.48. The van der Waals surface area contributed by atoms with E-state index < -0.39 is 0 Å². The number of carbonyl (C=O) groups is 1. The van der Waals surface area contributed by atoms with Crippen LogP contribution in [0.5, 0.6) is 0 Å². The molecule has 4 heterocycles. The lowest BCUT2D eigenvalue weighted by Crippen LogP contribution is -2.33. The van der Waals surface area contributed by atoms with Gasteiger partial charge in [-0.05, 0) is 33.1 Å². The van der Waals surface area contributed by atoms with Gasteiger partial charge >= 0.3 is 0 Å². The first-order valence-electron chi connectivity index (χ1n) is 9.59. The first-order valence-corrected chi connectivity index (χ1v) is 9.59. The van der Waals surface area contributed by atoms with Gasteiger partial charge in [0.25, 0.3) is 5.91 Å². The predicted molar refractivity (Wildman–Crippen MR) is 103 cm³/mol. The lowest BCUT2D eigenvalue weighted by Gasteiger charge is -2.23. The molecule has 1 amide bonds. The normalized spacial score (nSPS) is 19.9. The molecule has 27 heavy (non-hydrogen) atoms. The van der Waals surface area contributed by atoms with Crippen molar-refractivity contribution < 1.29 is 4.79 Å². The van der Waals surface area contributed by atoms with Crippen molar-refractivity contribution >= 4 is 11.7 Å². The van der Waals surface area contributed by atoms with Gasteiger partial charge < -0.3 is 15.5 Å². The van der Waals surface area contributed by atoms with Gasteiger partial charge in [-0.15, -0.1) is 0 Å². The van der Waals surface area contributed by atoms with Crippen LogP contribution in [0, 0.1) is 13.8 Å². The van der Waals surface area contributed by atoms with E-state index >= 15 is 0 Å². The average Bonchev–Trinajstić information content (AvgIpc) is 3.15. The molecule has 2 aromatic rings. The summed E-state index contributed by atoms with van der Waals surface area (Å²) in [6, 6.07) is 0.161. The fourth-order valence-corrected chi connectivity index (χ4v) is 4.00. The zero-order valence-corrected chi connectivity index (χ0v) is 16.3. The largest absolute Gasteiger partial charge is 0.355 e. The zero-order valence-electron chi connectivity index (χ0n) is 16.3. The highest BCUT2D eigenvalue weighted by Gasteiger charge is 2.27. The number of nitrogens with two attached hydrogens (primary N) is 1. The summed E-state index contributed by atoms with van der Waals surface area (Å²) in [5, 5.41) is 4.33. The highest BCUT2D eigenvalue weighted by molar-refractivity contribution is 5.91. The van der Waals surface area contributed by atoms with E-state index in [9.17, 15) is 4.79 Å². The van der Waals surface area contributed by atoms with Gasteiger partial charge in [0.1, 0.15) is 5.82 Å². The van der Waals surface area contributed by atoms with Crippen molar-refractivity contribution in [1.82, 2.24) is 24.6 Å². The van der Waals surface area contributed by atoms with E-state index in [1.54, 1.807) is 0 Å². The molecule has 0 bridgehead atoms. The Bertz CT molecular complexity index is 875. The summed E-state index contributed by atoms with van der Waals surface area (Å²) < 4.78 is 1.91. The SMILES string of the molecule is Cc1nc(C(=O)N2CCCc3c(cnn3C)C2)nc(N2CC[C@@H](N)C2)c1C. The third kappa shape index (κ3) is 3.29.